The number of ether oxygens (including phenoxy) is 3. The number of aromatic nitrogens is 1. The van der Waals surface area contributed by atoms with Crippen LogP contribution < -0.4 is 4.90 Å². The molecule has 0 saturated carbocycles. The fourth-order valence-electron chi connectivity index (χ4n) is 3.48. The molecule has 2 aromatic rings. The molecule has 2 atom stereocenters. The minimum atomic E-state index is -0.400. The van der Waals surface area contributed by atoms with Crippen molar-refractivity contribution >= 4 is 28.5 Å². The molecule has 2 saturated heterocycles. The summed E-state index contributed by atoms with van der Waals surface area (Å²) in [5, 5.41) is 0.719. The zero-order valence-corrected chi connectivity index (χ0v) is 16.3. The van der Waals surface area contributed by atoms with E-state index in [1.165, 1.54) is 24.6 Å². The third kappa shape index (κ3) is 3.81. The van der Waals surface area contributed by atoms with Gasteiger partial charge in [0.25, 0.3) is 0 Å². The number of nitrogens with zero attached hydrogens (tertiary/aromatic N) is 3. The van der Waals surface area contributed by atoms with Crippen molar-refractivity contribution in [3.05, 3.63) is 47.0 Å². The maximum absolute atomic E-state index is 12.6. The Morgan fingerprint density at radius 1 is 1.29 bits per heavy atom. The molecule has 2 aliphatic heterocycles. The topological polar surface area (TPSA) is 81.2 Å². The average Bonchev–Trinajstić information content (AvgIpc) is 3.39. The summed E-state index contributed by atoms with van der Waals surface area (Å²) >= 11 is 1.28. The minimum absolute atomic E-state index is 0.108. The number of carbonyl (C=O) groups excluding carboxylic acids is 2. The quantitative estimate of drug-likeness (QED) is 0.724. The number of methoxy groups -OCH3 is 1. The summed E-state index contributed by atoms with van der Waals surface area (Å²) < 4.78 is 16.1. The molecule has 4 rings (SSSR count). The molecule has 2 fully saturated rings. The van der Waals surface area contributed by atoms with Gasteiger partial charge in [-0.15, -0.1) is 0 Å². The van der Waals surface area contributed by atoms with E-state index in [0.29, 0.717) is 31.1 Å². The molecule has 0 N–H and O–H groups in total. The normalized spacial score (nSPS) is 21.3. The first-order valence-corrected chi connectivity index (χ1v) is 9.85. The van der Waals surface area contributed by atoms with Gasteiger partial charge in [-0.05, 0) is 5.56 Å². The number of fused-ring (bicyclic) bond motifs is 1. The predicted molar refractivity (Wildman–Crippen MR) is 103 cm³/mol. The van der Waals surface area contributed by atoms with Crippen molar-refractivity contribution in [2.45, 2.75) is 18.8 Å². The molecular formula is C19H21N3O5S. The monoisotopic (exact) mass is 403 g/mol. The highest BCUT2D eigenvalue weighted by atomic mass is 32.1. The fraction of sp³-hybridized carbons (Fsp3) is 0.421. The molecule has 0 bridgehead atoms. The van der Waals surface area contributed by atoms with E-state index < -0.39 is 5.97 Å². The molecule has 2 aliphatic rings. The highest BCUT2D eigenvalue weighted by Gasteiger charge is 2.43. The van der Waals surface area contributed by atoms with Crippen LogP contribution in [0.25, 0.3) is 0 Å². The van der Waals surface area contributed by atoms with Crippen LogP contribution in [-0.2, 0) is 20.8 Å². The maximum Gasteiger partial charge on any atom is 0.410 e. The molecule has 9 heteroatoms. The highest BCUT2D eigenvalue weighted by Crippen LogP contribution is 2.31. The Morgan fingerprint density at radius 3 is 2.89 bits per heavy atom. The lowest BCUT2D eigenvalue weighted by atomic mass is 10.1. The van der Waals surface area contributed by atoms with Crippen molar-refractivity contribution in [2.24, 2.45) is 0 Å². The van der Waals surface area contributed by atoms with E-state index in [1.54, 1.807) is 4.90 Å². The zero-order chi connectivity index (χ0) is 19.5. The van der Waals surface area contributed by atoms with Crippen molar-refractivity contribution in [3.63, 3.8) is 0 Å². The summed E-state index contributed by atoms with van der Waals surface area (Å²) in [5.41, 5.74) is 0.951. The van der Waals surface area contributed by atoms with Crippen molar-refractivity contribution < 1.29 is 23.8 Å². The standard InChI is InChI=1S/C19H21N3O5S/c1-25-17(23)16-9-20-18(28-16)21-10-14-15(11-21)26-8-7-22(14)19(24)27-12-13-5-3-2-4-6-13/h2-6,9,14-15H,7-8,10-12H2,1H3/t14-,15+/m0/s1. The van der Waals surface area contributed by atoms with Crippen molar-refractivity contribution in [1.29, 1.82) is 0 Å². The average molecular weight is 403 g/mol. The number of thiazole rings is 1. The summed E-state index contributed by atoms with van der Waals surface area (Å²) in [6, 6.07) is 9.50. The third-order valence-corrected chi connectivity index (χ3v) is 5.93. The number of anilines is 1. The fourth-order valence-corrected chi connectivity index (χ4v) is 4.33. The van der Waals surface area contributed by atoms with Crippen LogP contribution >= 0.6 is 11.3 Å². The van der Waals surface area contributed by atoms with Crippen LogP contribution in [0.1, 0.15) is 15.2 Å². The Hall–Kier alpha value is -2.65. The van der Waals surface area contributed by atoms with Crippen LogP contribution in [0, 0.1) is 0 Å². The van der Waals surface area contributed by atoms with Crippen molar-refractivity contribution in [2.75, 3.05) is 38.3 Å². The Balaban J connectivity index is 1.40. The number of rotatable bonds is 4. The smallest absolute Gasteiger partial charge is 0.410 e. The summed E-state index contributed by atoms with van der Waals surface area (Å²) in [6.45, 7) is 2.40. The Kier molecular flexibility index (Phi) is 5.45. The number of esters is 1. The lowest BCUT2D eigenvalue weighted by Crippen LogP contribution is -2.53. The molecule has 0 aliphatic carbocycles. The largest absolute Gasteiger partial charge is 0.465 e. The molecular weight excluding hydrogens is 382 g/mol. The van der Waals surface area contributed by atoms with Crippen molar-refractivity contribution in [1.82, 2.24) is 9.88 Å². The first-order valence-electron chi connectivity index (χ1n) is 9.03. The van der Waals surface area contributed by atoms with Gasteiger partial charge in [0.2, 0.25) is 0 Å². The summed E-state index contributed by atoms with van der Waals surface area (Å²) in [7, 11) is 1.35. The third-order valence-electron chi connectivity index (χ3n) is 4.89. The summed E-state index contributed by atoms with van der Waals surface area (Å²) in [5.74, 6) is -0.400. The van der Waals surface area contributed by atoms with E-state index in [0.717, 1.165) is 10.7 Å². The predicted octanol–water partition coefficient (Wildman–Crippen LogP) is 2.16. The van der Waals surface area contributed by atoms with Gasteiger partial charge in [-0.3, -0.25) is 4.90 Å². The van der Waals surface area contributed by atoms with Crippen LogP contribution in [0.2, 0.25) is 0 Å². The maximum atomic E-state index is 12.6. The van der Waals surface area contributed by atoms with Gasteiger partial charge in [-0.25, -0.2) is 14.6 Å². The van der Waals surface area contributed by atoms with E-state index in [-0.39, 0.29) is 24.8 Å². The number of amides is 1. The number of hydrogen-bond acceptors (Lipinski definition) is 8. The lowest BCUT2D eigenvalue weighted by Gasteiger charge is -2.35. The molecule has 0 radical (unpaired) electrons. The van der Waals surface area contributed by atoms with Gasteiger partial charge in [0.05, 0.1) is 32.1 Å². The Bertz CT molecular complexity index is 843. The van der Waals surface area contributed by atoms with E-state index in [1.807, 2.05) is 35.2 Å². The molecule has 148 valence electrons. The molecule has 1 aromatic carbocycles. The van der Waals surface area contributed by atoms with Gasteiger partial charge in [-0.1, -0.05) is 41.7 Å². The summed E-state index contributed by atoms with van der Waals surface area (Å²) in [6.07, 6.45) is 1.07. The lowest BCUT2D eigenvalue weighted by molar-refractivity contribution is -0.0441. The van der Waals surface area contributed by atoms with Gasteiger partial charge in [0.1, 0.15) is 11.5 Å². The van der Waals surface area contributed by atoms with E-state index in [9.17, 15) is 9.59 Å². The van der Waals surface area contributed by atoms with Crippen LogP contribution in [0.3, 0.4) is 0 Å². The van der Waals surface area contributed by atoms with Crippen LogP contribution in [0.4, 0.5) is 9.93 Å². The first-order chi connectivity index (χ1) is 13.7. The van der Waals surface area contributed by atoms with Gasteiger partial charge in [0.15, 0.2) is 5.13 Å². The molecule has 1 aromatic heterocycles. The second kappa shape index (κ2) is 8.15. The van der Waals surface area contributed by atoms with E-state index in [4.69, 9.17) is 14.2 Å². The Labute approximate surface area is 166 Å². The Morgan fingerprint density at radius 2 is 2.11 bits per heavy atom. The van der Waals surface area contributed by atoms with Crippen LogP contribution in [0.15, 0.2) is 36.5 Å². The van der Waals surface area contributed by atoms with E-state index in [2.05, 4.69) is 4.98 Å². The number of morpholine rings is 1. The molecule has 1 amide bonds. The number of hydrogen-bond donors (Lipinski definition) is 0. The molecule has 3 heterocycles. The van der Waals surface area contributed by atoms with Crippen LogP contribution in [0.5, 0.6) is 0 Å². The SMILES string of the molecule is COC(=O)c1cnc(N2C[C@H]3OCCN(C(=O)OCc4ccccc4)[C@H]3C2)s1. The molecule has 8 nitrogen and oxygen atoms in total. The zero-order valence-electron chi connectivity index (χ0n) is 15.4. The van der Waals surface area contributed by atoms with Crippen LogP contribution in [-0.4, -0.2) is 67.4 Å². The number of carbonyl (C=O) groups is 2. The van der Waals surface area contributed by atoms with Gasteiger partial charge >= 0.3 is 12.1 Å². The van der Waals surface area contributed by atoms with Gasteiger partial charge in [-0.2, -0.15) is 0 Å². The molecule has 0 spiro atoms. The van der Waals surface area contributed by atoms with Crippen molar-refractivity contribution in [3.8, 4) is 0 Å². The first kappa shape index (κ1) is 18.7. The van der Waals surface area contributed by atoms with Gasteiger partial charge < -0.3 is 19.1 Å². The molecule has 28 heavy (non-hydrogen) atoms. The second-order valence-corrected chi connectivity index (χ2v) is 7.62. The van der Waals surface area contributed by atoms with Gasteiger partial charge in [0, 0.05) is 19.6 Å². The number of benzene rings is 1. The highest BCUT2D eigenvalue weighted by molar-refractivity contribution is 7.17. The second-order valence-electron chi connectivity index (χ2n) is 6.61. The minimum Gasteiger partial charge on any atom is -0.465 e. The molecule has 0 unspecified atom stereocenters. The summed E-state index contributed by atoms with van der Waals surface area (Å²) in [4.78, 5) is 32.9. The van der Waals surface area contributed by atoms with E-state index >= 15 is 0 Å².